The largest absolute Gasteiger partial charge is 0.481 e. The summed E-state index contributed by atoms with van der Waals surface area (Å²) in [6.07, 6.45) is 2.94. The van der Waals surface area contributed by atoms with E-state index in [1.54, 1.807) is 13.3 Å². The molecule has 1 unspecified atom stereocenters. The van der Waals surface area contributed by atoms with Gasteiger partial charge in [0.05, 0.1) is 25.6 Å². The molecule has 2 heterocycles. The topological polar surface area (TPSA) is 43.4 Å². The second-order valence-electron chi connectivity index (χ2n) is 3.70. The fraction of sp³-hybridized carbons (Fsp3) is 0.545. The molecule has 1 N–H and O–H groups in total. The molecule has 1 atom stereocenters. The Morgan fingerprint density at radius 1 is 1.60 bits per heavy atom. The molecule has 15 heavy (non-hydrogen) atoms. The highest BCUT2D eigenvalue weighted by Crippen LogP contribution is 2.15. The Balaban J connectivity index is 1.82. The van der Waals surface area contributed by atoms with Gasteiger partial charge in [0, 0.05) is 25.1 Å². The summed E-state index contributed by atoms with van der Waals surface area (Å²) in [6, 6.07) is 3.83. The summed E-state index contributed by atoms with van der Waals surface area (Å²) >= 11 is 0. The number of nitrogens with zero attached hydrogens (tertiary/aromatic N) is 1. The summed E-state index contributed by atoms with van der Waals surface area (Å²) in [5.41, 5.74) is 1.03. The fourth-order valence-corrected chi connectivity index (χ4v) is 1.61. The minimum Gasteiger partial charge on any atom is -0.481 e. The van der Waals surface area contributed by atoms with E-state index in [9.17, 15) is 0 Å². The maximum absolute atomic E-state index is 5.31. The van der Waals surface area contributed by atoms with E-state index in [0.717, 1.165) is 31.9 Å². The molecule has 1 fully saturated rings. The molecule has 0 bridgehead atoms. The van der Waals surface area contributed by atoms with Crippen molar-refractivity contribution in [1.29, 1.82) is 0 Å². The smallest absolute Gasteiger partial charge is 0.213 e. The number of ether oxygens (including phenoxy) is 2. The van der Waals surface area contributed by atoms with Crippen LogP contribution in [-0.4, -0.2) is 31.9 Å². The molecule has 0 radical (unpaired) electrons. The minimum atomic E-state index is 0.632. The highest BCUT2D eigenvalue weighted by molar-refractivity contribution is 5.41. The average Bonchev–Trinajstić information content (AvgIpc) is 2.80. The van der Waals surface area contributed by atoms with E-state index in [2.05, 4.69) is 10.3 Å². The zero-order valence-electron chi connectivity index (χ0n) is 8.90. The molecule has 1 aromatic heterocycles. The summed E-state index contributed by atoms with van der Waals surface area (Å²) in [5, 5.41) is 3.34. The maximum atomic E-state index is 5.31. The molecule has 1 aliphatic rings. The van der Waals surface area contributed by atoms with Crippen LogP contribution in [0.3, 0.4) is 0 Å². The molecule has 2 rings (SSSR count). The lowest BCUT2D eigenvalue weighted by Gasteiger charge is -2.10. The maximum Gasteiger partial charge on any atom is 0.213 e. The predicted octanol–water partition coefficient (Wildman–Crippen LogP) is 1.54. The molecule has 0 spiro atoms. The summed E-state index contributed by atoms with van der Waals surface area (Å²) in [7, 11) is 1.62. The van der Waals surface area contributed by atoms with Crippen molar-refractivity contribution in [2.75, 3.05) is 32.2 Å². The quantitative estimate of drug-likeness (QED) is 0.815. The van der Waals surface area contributed by atoms with Crippen molar-refractivity contribution >= 4 is 5.69 Å². The summed E-state index contributed by atoms with van der Waals surface area (Å²) in [4.78, 5) is 4.13. The van der Waals surface area contributed by atoms with Crippen LogP contribution in [0.1, 0.15) is 6.42 Å². The summed E-state index contributed by atoms with van der Waals surface area (Å²) < 4.78 is 10.3. The summed E-state index contributed by atoms with van der Waals surface area (Å²) in [6.45, 7) is 2.72. The van der Waals surface area contributed by atoms with Crippen molar-refractivity contribution < 1.29 is 9.47 Å². The SMILES string of the molecule is COc1ccc(NCC2CCOC2)cn1. The standard InChI is InChI=1S/C11H16N2O2/c1-14-11-3-2-10(7-13-11)12-6-9-4-5-15-8-9/h2-3,7,9,12H,4-6,8H2,1H3. The monoisotopic (exact) mass is 208 g/mol. The third-order valence-corrected chi connectivity index (χ3v) is 2.56. The van der Waals surface area contributed by atoms with E-state index in [1.807, 2.05) is 12.1 Å². The zero-order valence-corrected chi connectivity index (χ0v) is 8.90. The number of methoxy groups -OCH3 is 1. The van der Waals surface area contributed by atoms with E-state index >= 15 is 0 Å². The lowest BCUT2D eigenvalue weighted by atomic mass is 10.1. The van der Waals surface area contributed by atoms with Gasteiger partial charge in [0.2, 0.25) is 5.88 Å². The lowest BCUT2D eigenvalue weighted by Crippen LogP contribution is -2.14. The molecule has 82 valence electrons. The van der Waals surface area contributed by atoms with Gasteiger partial charge in [0.25, 0.3) is 0 Å². The van der Waals surface area contributed by atoms with Crippen LogP contribution in [0.2, 0.25) is 0 Å². The number of nitrogens with one attached hydrogen (secondary N) is 1. The predicted molar refractivity (Wildman–Crippen MR) is 58.2 cm³/mol. The highest BCUT2D eigenvalue weighted by Gasteiger charge is 2.14. The third-order valence-electron chi connectivity index (χ3n) is 2.56. The molecule has 1 saturated heterocycles. The second-order valence-corrected chi connectivity index (χ2v) is 3.70. The molecular formula is C11H16N2O2. The Morgan fingerprint density at radius 2 is 2.53 bits per heavy atom. The van der Waals surface area contributed by atoms with Gasteiger partial charge in [-0.2, -0.15) is 0 Å². The van der Waals surface area contributed by atoms with Gasteiger partial charge < -0.3 is 14.8 Å². The Kier molecular flexibility index (Phi) is 3.40. The van der Waals surface area contributed by atoms with Gasteiger partial charge in [0.1, 0.15) is 0 Å². The van der Waals surface area contributed by atoms with Crippen LogP contribution in [0.5, 0.6) is 5.88 Å². The molecule has 4 nitrogen and oxygen atoms in total. The number of hydrogen-bond acceptors (Lipinski definition) is 4. The van der Waals surface area contributed by atoms with Crippen LogP contribution in [0, 0.1) is 5.92 Å². The molecule has 1 aliphatic heterocycles. The van der Waals surface area contributed by atoms with Crippen molar-refractivity contribution in [1.82, 2.24) is 4.98 Å². The molecule has 0 aromatic carbocycles. The fourth-order valence-electron chi connectivity index (χ4n) is 1.61. The van der Waals surface area contributed by atoms with Crippen molar-refractivity contribution in [3.8, 4) is 5.88 Å². The van der Waals surface area contributed by atoms with Crippen molar-refractivity contribution in [2.45, 2.75) is 6.42 Å². The Hall–Kier alpha value is -1.29. The number of aromatic nitrogens is 1. The van der Waals surface area contributed by atoms with Gasteiger partial charge >= 0.3 is 0 Å². The average molecular weight is 208 g/mol. The van der Waals surface area contributed by atoms with E-state index in [-0.39, 0.29) is 0 Å². The first-order valence-corrected chi connectivity index (χ1v) is 5.20. The van der Waals surface area contributed by atoms with Crippen LogP contribution in [0.4, 0.5) is 5.69 Å². The molecule has 0 saturated carbocycles. The molecule has 4 heteroatoms. The first-order chi connectivity index (χ1) is 7.38. The van der Waals surface area contributed by atoms with Crippen molar-refractivity contribution in [3.05, 3.63) is 18.3 Å². The van der Waals surface area contributed by atoms with Crippen LogP contribution in [0.15, 0.2) is 18.3 Å². The van der Waals surface area contributed by atoms with Gasteiger partial charge in [-0.15, -0.1) is 0 Å². The zero-order chi connectivity index (χ0) is 10.5. The van der Waals surface area contributed by atoms with Crippen LogP contribution >= 0.6 is 0 Å². The molecule has 0 aliphatic carbocycles. The summed E-state index contributed by atoms with van der Waals surface area (Å²) in [5.74, 6) is 1.27. The van der Waals surface area contributed by atoms with Gasteiger partial charge in [-0.3, -0.25) is 0 Å². The van der Waals surface area contributed by atoms with E-state index in [4.69, 9.17) is 9.47 Å². The van der Waals surface area contributed by atoms with Gasteiger partial charge in [-0.25, -0.2) is 4.98 Å². The Bertz CT molecular complexity index is 294. The van der Waals surface area contributed by atoms with Crippen LogP contribution in [0.25, 0.3) is 0 Å². The minimum absolute atomic E-state index is 0.632. The molecular weight excluding hydrogens is 192 g/mol. The van der Waals surface area contributed by atoms with E-state index < -0.39 is 0 Å². The highest BCUT2D eigenvalue weighted by atomic mass is 16.5. The van der Waals surface area contributed by atoms with E-state index in [1.165, 1.54) is 0 Å². The first kappa shape index (κ1) is 10.2. The van der Waals surface area contributed by atoms with Crippen LogP contribution < -0.4 is 10.1 Å². The van der Waals surface area contributed by atoms with Gasteiger partial charge in [0.15, 0.2) is 0 Å². The third kappa shape index (κ3) is 2.83. The van der Waals surface area contributed by atoms with Crippen molar-refractivity contribution in [3.63, 3.8) is 0 Å². The Morgan fingerprint density at radius 3 is 3.13 bits per heavy atom. The lowest BCUT2D eigenvalue weighted by molar-refractivity contribution is 0.187. The molecule has 1 aromatic rings. The second kappa shape index (κ2) is 4.98. The van der Waals surface area contributed by atoms with Gasteiger partial charge in [-0.05, 0) is 12.5 Å². The van der Waals surface area contributed by atoms with Crippen LogP contribution in [-0.2, 0) is 4.74 Å². The van der Waals surface area contributed by atoms with E-state index in [0.29, 0.717) is 11.8 Å². The Labute approximate surface area is 89.6 Å². The van der Waals surface area contributed by atoms with Gasteiger partial charge in [-0.1, -0.05) is 0 Å². The normalized spacial score (nSPS) is 20.2. The number of anilines is 1. The number of rotatable bonds is 4. The molecule has 0 amide bonds. The number of pyridine rings is 1. The van der Waals surface area contributed by atoms with Crippen molar-refractivity contribution in [2.24, 2.45) is 5.92 Å². The first-order valence-electron chi connectivity index (χ1n) is 5.20. The number of hydrogen-bond donors (Lipinski definition) is 1.